The van der Waals surface area contributed by atoms with Gasteiger partial charge in [-0.15, -0.1) is 0 Å². The monoisotopic (exact) mass is 219 g/mol. The van der Waals surface area contributed by atoms with Crippen molar-refractivity contribution in [2.75, 3.05) is 12.4 Å². The first kappa shape index (κ1) is 11.0. The number of rotatable bonds is 3. The summed E-state index contributed by atoms with van der Waals surface area (Å²) < 4.78 is 5.17. The van der Waals surface area contributed by atoms with E-state index in [0.29, 0.717) is 24.7 Å². The molecule has 16 heavy (non-hydrogen) atoms. The third kappa shape index (κ3) is 2.75. The number of nitrogens with one attached hydrogen (secondary N) is 1. The molecule has 1 aliphatic carbocycles. The van der Waals surface area contributed by atoms with Crippen LogP contribution < -0.4 is 10.1 Å². The Morgan fingerprint density at radius 3 is 2.75 bits per heavy atom. The van der Waals surface area contributed by atoms with Gasteiger partial charge in [-0.1, -0.05) is 6.07 Å². The highest BCUT2D eigenvalue weighted by atomic mass is 16.5. The van der Waals surface area contributed by atoms with Crippen LogP contribution >= 0.6 is 0 Å². The zero-order chi connectivity index (χ0) is 11.4. The van der Waals surface area contributed by atoms with E-state index in [2.05, 4.69) is 5.32 Å². The van der Waals surface area contributed by atoms with Crippen LogP contribution in [0.4, 0.5) is 5.69 Å². The van der Waals surface area contributed by atoms with Gasteiger partial charge < -0.3 is 10.1 Å². The Hall–Kier alpha value is -1.51. The van der Waals surface area contributed by atoms with Gasteiger partial charge in [0.1, 0.15) is 11.5 Å². The standard InChI is InChI=1S/C13H17NO2/c1-16-13-4-2-3-11(9-13)14-10-5-7-12(15)8-6-10/h2-4,9-10,14H,5-8H2,1H3. The average Bonchev–Trinajstić information content (AvgIpc) is 2.32. The van der Waals surface area contributed by atoms with Crippen molar-refractivity contribution in [2.45, 2.75) is 31.7 Å². The molecule has 0 unspecified atom stereocenters. The normalized spacial score (nSPS) is 17.2. The Morgan fingerprint density at radius 1 is 1.31 bits per heavy atom. The number of ether oxygens (including phenoxy) is 1. The first-order valence-corrected chi connectivity index (χ1v) is 5.70. The average molecular weight is 219 g/mol. The molecule has 3 nitrogen and oxygen atoms in total. The molecule has 0 bridgehead atoms. The van der Waals surface area contributed by atoms with Crippen LogP contribution in [0, 0.1) is 0 Å². The molecule has 0 heterocycles. The highest BCUT2D eigenvalue weighted by Crippen LogP contribution is 2.22. The molecule has 0 aliphatic heterocycles. The molecule has 0 saturated heterocycles. The number of hydrogen-bond donors (Lipinski definition) is 1. The molecule has 1 aromatic rings. The molecule has 0 atom stereocenters. The molecular weight excluding hydrogens is 202 g/mol. The van der Waals surface area contributed by atoms with Gasteiger partial charge in [-0.05, 0) is 25.0 Å². The summed E-state index contributed by atoms with van der Waals surface area (Å²) in [7, 11) is 1.67. The summed E-state index contributed by atoms with van der Waals surface area (Å²) in [4.78, 5) is 11.1. The molecule has 2 rings (SSSR count). The minimum atomic E-state index is 0.392. The van der Waals surface area contributed by atoms with E-state index in [4.69, 9.17) is 4.74 Å². The summed E-state index contributed by atoms with van der Waals surface area (Å²) in [6.45, 7) is 0. The maximum Gasteiger partial charge on any atom is 0.133 e. The molecule has 0 aromatic heterocycles. The number of benzene rings is 1. The Labute approximate surface area is 95.8 Å². The molecular formula is C13H17NO2. The first-order valence-electron chi connectivity index (χ1n) is 5.70. The quantitative estimate of drug-likeness (QED) is 0.849. The molecule has 0 radical (unpaired) electrons. The van der Waals surface area contributed by atoms with Gasteiger partial charge >= 0.3 is 0 Å². The third-order valence-electron chi connectivity index (χ3n) is 2.98. The van der Waals surface area contributed by atoms with Crippen LogP contribution in [0.1, 0.15) is 25.7 Å². The molecule has 1 saturated carbocycles. The Kier molecular flexibility index (Phi) is 3.44. The number of methoxy groups -OCH3 is 1. The predicted molar refractivity (Wildman–Crippen MR) is 63.9 cm³/mol. The summed E-state index contributed by atoms with van der Waals surface area (Å²) in [5.74, 6) is 1.25. The topological polar surface area (TPSA) is 38.3 Å². The second-order valence-electron chi connectivity index (χ2n) is 4.19. The van der Waals surface area contributed by atoms with E-state index in [0.717, 1.165) is 24.3 Å². The van der Waals surface area contributed by atoms with Crippen molar-refractivity contribution in [2.24, 2.45) is 0 Å². The summed E-state index contributed by atoms with van der Waals surface area (Å²) in [5, 5.41) is 3.44. The molecule has 86 valence electrons. The second-order valence-corrected chi connectivity index (χ2v) is 4.19. The van der Waals surface area contributed by atoms with E-state index in [1.54, 1.807) is 7.11 Å². The number of hydrogen-bond acceptors (Lipinski definition) is 3. The smallest absolute Gasteiger partial charge is 0.133 e. The van der Waals surface area contributed by atoms with Crippen LogP contribution in [-0.2, 0) is 4.79 Å². The number of ketones is 1. The van der Waals surface area contributed by atoms with Crippen molar-refractivity contribution in [3.8, 4) is 5.75 Å². The van der Waals surface area contributed by atoms with Gasteiger partial charge in [-0.2, -0.15) is 0 Å². The number of carbonyl (C=O) groups is 1. The van der Waals surface area contributed by atoms with Gasteiger partial charge in [0.15, 0.2) is 0 Å². The van der Waals surface area contributed by atoms with Crippen LogP contribution in [-0.4, -0.2) is 18.9 Å². The van der Waals surface area contributed by atoms with Crippen molar-refractivity contribution in [3.05, 3.63) is 24.3 Å². The van der Waals surface area contributed by atoms with Crippen LogP contribution in [0.2, 0.25) is 0 Å². The zero-order valence-corrected chi connectivity index (χ0v) is 9.53. The van der Waals surface area contributed by atoms with Gasteiger partial charge in [-0.3, -0.25) is 4.79 Å². The summed E-state index contributed by atoms with van der Waals surface area (Å²) >= 11 is 0. The molecule has 3 heteroatoms. The third-order valence-corrected chi connectivity index (χ3v) is 2.98. The molecule has 1 aromatic carbocycles. The molecule has 0 spiro atoms. The lowest BCUT2D eigenvalue weighted by molar-refractivity contribution is -0.120. The fourth-order valence-electron chi connectivity index (χ4n) is 2.03. The fraction of sp³-hybridized carbons (Fsp3) is 0.462. The molecule has 0 amide bonds. The van der Waals surface area contributed by atoms with E-state index in [1.807, 2.05) is 24.3 Å². The van der Waals surface area contributed by atoms with Gasteiger partial charge in [0.2, 0.25) is 0 Å². The maximum atomic E-state index is 11.1. The lowest BCUT2D eigenvalue weighted by Gasteiger charge is -2.23. The lowest BCUT2D eigenvalue weighted by Crippen LogP contribution is -2.25. The molecule has 1 N–H and O–H groups in total. The van der Waals surface area contributed by atoms with Crippen LogP contribution in [0.3, 0.4) is 0 Å². The Bertz CT molecular complexity index is 366. The van der Waals surface area contributed by atoms with Crippen LogP contribution in [0.25, 0.3) is 0 Å². The Balaban J connectivity index is 1.95. The predicted octanol–water partition coefficient (Wildman–Crippen LogP) is 2.62. The van der Waals surface area contributed by atoms with Gasteiger partial charge in [0.25, 0.3) is 0 Å². The van der Waals surface area contributed by atoms with Gasteiger partial charge in [-0.25, -0.2) is 0 Å². The zero-order valence-electron chi connectivity index (χ0n) is 9.53. The van der Waals surface area contributed by atoms with Crippen LogP contribution in [0.15, 0.2) is 24.3 Å². The van der Waals surface area contributed by atoms with Crippen molar-refractivity contribution < 1.29 is 9.53 Å². The number of Topliss-reactive ketones (excluding diaryl/α,β-unsaturated/α-hetero) is 1. The maximum absolute atomic E-state index is 11.1. The largest absolute Gasteiger partial charge is 0.497 e. The van der Waals surface area contributed by atoms with E-state index in [1.165, 1.54) is 0 Å². The molecule has 1 fully saturated rings. The van der Waals surface area contributed by atoms with E-state index < -0.39 is 0 Å². The molecule has 1 aliphatic rings. The minimum absolute atomic E-state index is 0.392. The van der Waals surface area contributed by atoms with Crippen molar-refractivity contribution >= 4 is 11.5 Å². The van der Waals surface area contributed by atoms with E-state index in [-0.39, 0.29) is 0 Å². The van der Waals surface area contributed by atoms with Crippen molar-refractivity contribution in [1.29, 1.82) is 0 Å². The number of anilines is 1. The summed E-state index contributed by atoms with van der Waals surface area (Å²) in [6, 6.07) is 8.32. The minimum Gasteiger partial charge on any atom is -0.497 e. The highest BCUT2D eigenvalue weighted by molar-refractivity contribution is 5.79. The van der Waals surface area contributed by atoms with E-state index in [9.17, 15) is 4.79 Å². The SMILES string of the molecule is COc1cccc(NC2CCC(=O)CC2)c1. The van der Waals surface area contributed by atoms with Crippen LogP contribution in [0.5, 0.6) is 5.75 Å². The van der Waals surface area contributed by atoms with E-state index >= 15 is 0 Å². The lowest BCUT2D eigenvalue weighted by atomic mass is 9.94. The van der Waals surface area contributed by atoms with Gasteiger partial charge in [0.05, 0.1) is 7.11 Å². The van der Waals surface area contributed by atoms with Gasteiger partial charge in [0, 0.05) is 30.6 Å². The second kappa shape index (κ2) is 5.01. The van der Waals surface area contributed by atoms with Crippen molar-refractivity contribution in [3.63, 3.8) is 0 Å². The first-order chi connectivity index (χ1) is 7.78. The fourth-order valence-corrected chi connectivity index (χ4v) is 2.03. The van der Waals surface area contributed by atoms with Crippen molar-refractivity contribution in [1.82, 2.24) is 0 Å². The Morgan fingerprint density at radius 2 is 2.06 bits per heavy atom. The number of carbonyl (C=O) groups excluding carboxylic acids is 1. The summed E-state index contributed by atoms with van der Waals surface area (Å²) in [5.41, 5.74) is 1.07. The summed E-state index contributed by atoms with van der Waals surface area (Å²) in [6.07, 6.45) is 3.30. The highest BCUT2D eigenvalue weighted by Gasteiger charge is 2.18.